The molecule has 0 saturated carbocycles. The maximum atomic E-state index is 12.6. The van der Waals surface area contributed by atoms with Gasteiger partial charge in [-0.25, -0.2) is 0 Å². The number of likely N-dealkylation sites (tertiary alicyclic amines) is 1. The van der Waals surface area contributed by atoms with Crippen molar-refractivity contribution in [2.45, 2.75) is 18.9 Å². The Morgan fingerprint density at radius 2 is 1.96 bits per heavy atom. The molecular formula is C19H17ClN4O3. The number of pyridine rings is 1. The van der Waals surface area contributed by atoms with Crippen LogP contribution in [-0.2, 0) is 4.79 Å². The zero-order chi connectivity index (χ0) is 18.6. The molecule has 0 bridgehead atoms. The Labute approximate surface area is 160 Å². The number of ether oxygens (including phenoxy) is 1. The maximum Gasteiger partial charge on any atom is 0.261 e. The minimum absolute atomic E-state index is 0.0521. The molecule has 1 aliphatic rings. The molecule has 1 atom stereocenters. The molecule has 2 aromatic heterocycles. The van der Waals surface area contributed by atoms with E-state index in [0.717, 1.165) is 18.4 Å². The van der Waals surface area contributed by atoms with Crippen LogP contribution in [-0.4, -0.2) is 39.1 Å². The molecule has 1 saturated heterocycles. The average Bonchev–Trinajstić information content (AvgIpc) is 3.37. The summed E-state index contributed by atoms with van der Waals surface area (Å²) in [7, 11) is 0. The van der Waals surface area contributed by atoms with Crippen molar-refractivity contribution in [3.05, 3.63) is 59.7 Å². The summed E-state index contributed by atoms with van der Waals surface area (Å²) in [5.74, 6) is 1.35. The Kier molecular flexibility index (Phi) is 5.02. The zero-order valence-electron chi connectivity index (χ0n) is 14.4. The van der Waals surface area contributed by atoms with Gasteiger partial charge < -0.3 is 14.1 Å². The first-order valence-electron chi connectivity index (χ1n) is 8.62. The molecule has 0 aliphatic carbocycles. The highest BCUT2D eigenvalue weighted by Gasteiger charge is 2.34. The molecule has 0 N–H and O–H groups in total. The van der Waals surface area contributed by atoms with Gasteiger partial charge in [-0.1, -0.05) is 11.6 Å². The number of hydrogen-bond acceptors (Lipinski definition) is 6. The molecule has 7 nitrogen and oxygen atoms in total. The van der Waals surface area contributed by atoms with Crippen molar-refractivity contribution in [1.29, 1.82) is 0 Å². The number of hydrogen-bond donors (Lipinski definition) is 0. The fraction of sp³-hybridized carbons (Fsp3) is 0.263. The van der Waals surface area contributed by atoms with Crippen molar-refractivity contribution in [3.8, 4) is 17.2 Å². The first-order valence-corrected chi connectivity index (χ1v) is 9.00. The SMILES string of the molecule is O=C(COc1ccc(Cl)cc1)N1CCCC1c1nnc(-c2ccncc2)o1. The summed E-state index contributed by atoms with van der Waals surface area (Å²) in [6.07, 6.45) is 4.99. The van der Waals surface area contributed by atoms with Gasteiger partial charge in [0.2, 0.25) is 11.8 Å². The van der Waals surface area contributed by atoms with E-state index >= 15 is 0 Å². The molecule has 3 heterocycles. The van der Waals surface area contributed by atoms with Crippen LogP contribution < -0.4 is 4.74 Å². The van der Waals surface area contributed by atoms with Gasteiger partial charge in [0, 0.05) is 29.5 Å². The Hall–Kier alpha value is -2.93. The van der Waals surface area contributed by atoms with Crippen LogP contribution >= 0.6 is 11.6 Å². The summed E-state index contributed by atoms with van der Waals surface area (Å²) < 4.78 is 11.4. The first-order chi connectivity index (χ1) is 13.2. The first kappa shape index (κ1) is 17.5. The molecular weight excluding hydrogens is 368 g/mol. The van der Waals surface area contributed by atoms with Crippen molar-refractivity contribution < 1.29 is 13.9 Å². The monoisotopic (exact) mass is 384 g/mol. The van der Waals surface area contributed by atoms with E-state index < -0.39 is 0 Å². The van der Waals surface area contributed by atoms with Gasteiger partial charge in [0.1, 0.15) is 11.8 Å². The van der Waals surface area contributed by atoms with Crippen LogP contribution in [0.2, 0.25) is 5.02 Å². The van der Waals surface area contributed by atoms with Crippen LogP contribution in [0.5, 0.6) is 5.75 Å². The number of amides is 1. The maximum absolute atomic E-state index is 12.6. The van der Waals surface area contributed by atoms with Gasteiger partial charge in [-0.2, -0.15) is 0 Å². The molecule has 0 radical (unpaired) electrons. The van der Waals surface area contributed by atoms with Crippen molar-refractivity contribution in [2.75, 3.05) is 13.2 Å². The van der Waals surface area contributed by atoms with Crippen LogP contribution in [0.4, 0.5) is 0 Å². The predicted molar refractivity (Wildman–Crippen MR) is 98.2 cm³/mol. The Balaban J connectivity index is 1.43. The van der Waals surface area contributed by atoms with Gasteiger partial charge in [-0.15, -0.1) is 10.2 Å². The van der Waals surface area contributed by atoms with E-state index in [1.807, 2.05) is 0 Å². The van der Waals surface area contributed by atoms with E-state index in [1.54, 1.807) is 53.7 Å². The molecule has 1 fully saturated rings. The lowest BCUT2D eigenvalue weighted by Gasteiger charge is -2.22. The van der Waals surface area contributed by atoms with Crippen molar-refractivity contribution in [3.63, 3.8) is 0 Å². The summed E-state index contributed by atoms with van der Waals surface area (Å²) in [5, 5.41) is 8.87. The minimum atomic E-state index is -0.227. The summed E-state index contributed by atoms with van der Waals surface area (Å²) in [6.45, 7) is 0.587. The minimum Gasteiger partial charge on any atom is -0.484 e. The Morgan fingerprint density at radius 1 is 1.19 bits per heavy atom. The van der Waals surface area contributed by atoms with Gasteiger partial charge in [0.25, 0.3) is 5.91 Å². The highest BCUT2D eigenvalue weighted by atomic mass is 35.5. The lowest BCUT2D eigenvalue weighted by Crippen LogP contribution is -2.34. The molecule has 1 aliphatic heterocycles. The molecule has 27 heavy (non-hydrogen) atoms. The number of carbonyl (C=O) groups excluding carboxylic acids is 1. The standard InChI is InChI=1S/C19H17ClN4O3/c20-14-3-5-15(6-4-14)26-12-17(25)24-11-1-2-16(24)19-23-22-18(27-19)13-7-9-21-10-8-13/h3-10,16H,1-2,11-12H2. The fourth-order valence-corrected chi connectivity index (χ4v) is 3.19. The molecule has 4 rings (SSSR count). The molecule has 1 amide bonds. The van der Waals surface area contributed by atoms with Crippen LogP contribution in [0.3, 0.4) is 0 Å². The lowest BCUT2D eigenvalue weighted by atomic mass is 10.2. The second-order valence-corrected chi connectivity index (χ2v) is 6.61. The number of halogens is 1. The highest BCUT2D eigenvalue weighted by Crippen LogP contribution is 2.32. The molecule has 3 aromatic rings. The topological polar surface area (TPSA) is 81.4 Å². The van der Waals surface area contributed by atoms with Crippen molar-refractivity contribution >= 4 is 17.5 Å². The van der Waals surface area contributed by atoms with E-state index in [1.165, 1.54) is 0 Å². The van der Waals surface area contributed by atoms with E-state index in [-0.39, 0.29) is 18.6 Å². The number of aromatic nitrogens is 3. The van der Waals surface area contributed by atoms with Gasteiger partial charge in [0.05, 0.1) is 0 Å². The Morgan fingerprint density at radius 3 is 2.74 bits per heavy atom. The normalized spacial score (nSPS) is 16.5. The molecule has 1 unspecified atom stereocenters. The van der Waals surface area contributed by atoms with E-state index in [4.69, 9.17) is 20.8 Å². The third-order valence-corrected chi connectivity index (χ3v) is 4.65. The summed E-state index contributed by atoms with van der Waals surface area (Å²) in [4.78, 5) is 18.3. The Bertz CT molecular complexity index is 914. The van der Waals surface area contributed by atoms with Crippen LogP contribution in [0.1, 0.15) is 24.8 Å². The smallest absolute Gasteiger partial charge is 0.261 e. The second kappa shape index (κ2) is 7.75. The lowest BCUT2D eigenvalue weighted by molar-refractivity contribution is -0.134. The van der Waals surface area contributed by atoms with Crippen LogP contribution in [0, 0.1) is 0 Å². The largest absolute Gasteiger partial charge is 0.484 e. The predicted octanol–water partition coefficient (Wildman–Crippen LogP) is 3.53. The fourth-order valence-electron chi connectivity index (χ4n) is 3.06. The van der Waals surface area contributed by atoms with Gasteiger partial charge in [0.15, 0.2) is 6.61 Å². The van der Waals surface area contributed by atoms with E-state index in [0.29, 0.717) is 29.1 Å². The van der Waals surface area contributed by atoms with Crippen molar-refractivity contribution in [1.82, 2.24) is 20.1 Å². The van der Waals surface area contributed by atoms with E-state index in [2.05, 4.69) is 15.2 Å². The highest BCUT2D eigenvalue weighted by molar-refractivity contribution is 6.30. The third kappa shape index (κ3) is 3.93. The second-order valence-electron chi connectivity index (χ2n) is 6.17. The third-order valence-electron chi connectivity index (χ3n) is 4.40. The van der Waals surface area contributed by atoms with Crippen molar-refractivity contribution in [2.24, 2.45) is 0 Å². The van der Waals surface area contributed by atoms with Gasteiger partial charge in [-0.05, 0) is 49.2 Å². The van der Waals surface area contributed by atoms with E-state index in [9.17, 15) is 4.79 Å². The molecule has 0 spiro atoms. The molecule has 138 valence electrons. The number of carbonyl (C=O) groups is 1. The quantitative estimate of drug-likeness (QED) is 0.669. The zero-order valence-corrected chi connectivity index (χ0v) is 15.2. The van der Waals surface area contributed by atoms with Gasteiger partial charge >= 0.3 is 0 Å². The number of nitrogens with zero attached hydrogens (tertiary/aromatic N) is 4. The molecule has 8 heteroatoms. The number of benzene rings is 1. The van der Waals surface area contributed by atoms with Crippen LogP contribution in [0.15, 0.2) is 53.2 Å². The van der Waals surface area contributed by atoms with Crippen LogP contribution in [0.25, 0.3) is 11.5 Å². The van der Waals surface area contributed by atoms with Gasteiger partial charge in [-0.3, -0.25) is 9.78 Å². The summed E-state index contributed by atoms with van der Waals surface area (Å²) in [6, 6.07) is 10.3. The average molecular weight is 385 g/mol. The number of rotatable bonds is 5. The molecule has 1 aromatic carbocycles. The summed E-state index contributed by atoms with van der Waals surface area (Å²) >= 11 is 5.85. The summed E-state index contributed by atoms with van der Waals surface area (Å²) in [5.41, 5.74) is 0.797.